The van der Waals surface area contributed by atoms with Gasteiger partial charge in [0.05, 0.1) is 0 Å². The lowest BCUT2D eigenvalue weighted by Crippen LogP contribution is -2.20. The maximum Gasteiger partial charge on any atom is 0.0386 e. The van der Waals surface area contributed by atoms with E-state index in [-0.39, 0.29) is 0 Å². The summed E-state index contributed by atoms with van der Waals surface area (Å²) < 4.78 is 1.37. The third-order valence-electron chi connectivity index (χ3n) is 3.44. The van der Waals surface area contributed by atoms with Crippen LogP contribution in [0.15, 0.2) is 65.6 Å². The first-order valence-corrected chi connectivity index (χ1v) is 9.03. The number of thioether (sulfide) groups is 1. The van der Waals surface area contributed by atoms with Gasteiger partial charge in [0.1, 0.15) is 0 Å². The van der Waals surface area contributed by atoms with Crippen molar-refractivity contribution in [1.29, 1.82) is 0 Å². The van der Waals surface area contributed by atoms with Gasteiger partial charge in [-0.25, -0.2) is 0 Å². The first-order valence-electron chi connectivity index (χ1n) is 7.22. The number of nitrogens with one attached hydrogen (secondary N) is 1. The van der Waals surface area contributed by atoms with E-state index < -0.39 is 0 Å². The maximum atomic E-state index is 3.62. The number of hydrogen-bond acceptors (Lipinski definition) is 3. The Hall–Kier alpha value is -1.29. The van der Waals surface area contributed by atoms with E-state index >= 15 is 0 Å². The van der Waals surface area contributed by atoms with Crippen LogP contribution < -0.4 is 5.32 Å². The van der Waals surface area contributed by atoms with Crippen LogP contribution in [-0.2, 0) is 0 Å². The average Bonchev–Trinajstić information content (AvgIpc) is 2.96. The molecule has 0 spiro atoms. The van der Waals surface area contributed by atoms with Gasteiger partial charge in [0.2, 0.25) is 0 Å². The molecule has 21 heavy (non-hydrogen) atoms. The molecule has 1 aromatic heterocycles. The van der Waals surface area contributed by atoms with Gasteiger partial charge in [-0.1, -0.05) is 36.4 Å². The van der Waals surface area contributed by atoms with E-state index in [4.69, 9.17) is 0 Å². The second-order valence-electron chi connectivity index (χ2n) is 5.02. The molecule has 0 bridgehead atoms. The summed E-state index contributed by atoms with van der Waals surface area (Å²) in [6, 6.07) is 21.9. The highest BCUT2D eigenvalue weighted by molar-refractivity contribution is 7.99. The van der Waals surface area contributed by atoms with Crippen LogP contribution in [0.2, 0.25) is 0 Å². The van der Waals surface area contributed by atoms with Gasteiger partial charge in [-0.15, -0.1) is 23.1 Å². The Labute approximate surface area is 134 Å². The predicted octanol–water partition coefficient (Wildman–Crippen LogP) is 5.34. The van der Waals surface area contributed by atoms with Crippen LogP contribution in [0.3, 0.4) is 0 Å². The van der Waals surface area contributed by atoms with Gasteiger partial charge < -0.3 is 5.32 Å². The molecule has 0 saturated carbocycles. The molecule has 0 radical (unpaired) electrons. The number of fused-ring (bicyclic) bond motifs is 1. The summed E-state index contributed by atoms with van der Waals surface area (Å²) in [6.07, 6.45) is 0. The van der Waals surface area contributed by atoms with Crippen molar-refractivity contribution in [2.24, 2.45) is 0 Å². The monoisotopic (exact) mass is 313 g/mol. The quantitative estimate of drug-likeness (QED) is 0.486. The molecule has 0 aliphatic carbocycles. The number of hydrogen-bond donors (Lipinski definition) is 1. The fourth-order valence-corrected chi connectivity index (χ4v) is 4.17. The Morgan fingerprint density at radius 3 is 2.62 bits per heavy atom. The van der Waals surface area contributed by atoms with E-state index in [1.165, 1.54) is 19.9 Å². The summed E-state index contributed by atoms with van der Waals surface area (Å²) in [5.74, 6) is 1.10. The molecular formula is C18H19NS2. The van der Waals surface area contributed by atoms with Crippen molar-refractivity contribution in [1.82, 2.24) is 5.32 Å². The molecule has 108 valence electrons. The lowest BCUT2D eigenvalue weighted by atomic mass is 10.2. The summed E-state index contributed by atoms with van der Waals surface area (Å²) in [4.78, 5) is 2.76. The molecule has 0 fully saturated rings. The van der Waals surface area contributed by atoms with E-state index in [1.54, 1.807) is 0 Å². The maximum absolute atomic E-state index is 3.62. The Kier molecular flexibility index (Phi) is 4.96. The Morgan fingerprint density at radius 2 is 1.81 bits per heavy atom. The molecule has 3 rings (SSSR count). The minimum absolute atomic E-state index is 0.416. The van der Waals surface area contributed by atoms with Crippen molar-refractivity contribution in [3.05, 3.63) is 65.5 Å². The van der Waals surface area contributed by atoms with Crippen LogP contribution in [0.5, 0.6) is 0 Å². The van der Waals surface area contributed by atoms with Crippen molar-refractivity contribution < 1.29 is 0 Å². The zero-order valence-electron chi connectivity index (χ0n) is 12.1. The van der Waals surface area contributed by atoms with Gasteiger partial charge in [0.15, 0.2) is 0 Å². The van der Waals surface area contributed by atoms with Crippen molar-refractivity contribution in [3.63, 3.8) is 0 Å². The second kappa shape index (κ2) is 7.12. The van der Waals surface area contributed by atoms with Crippen LogP contribution in [-0.4, -0.2) is 12.3 Å². The van der Waals surface area contributed by atoms with Crippen LogP contribution >= 0.6 is 23.1 Å². The lowest BCUT2D eigenvalue weighted by Gasteiger charge is -2.11. The topological polar surface area (TPSA) is 12.0 Å². The summed E-state index contributed by atoms with van der Waals surface area (Å²) in [5.41, 5.74) is 0. The molecule has 3 aromatic rings. The van der Waals surface area contributed by atoms with E-state index in [0.29, 0.717) is 6.04 Å². The fraction of sp³-hybridized carbons (Fsp3) is 0.222. The molecule has 1 N–H and O–H groups in total. The first kappa shape index (κ1) is 14.6. The molecule has 1 unspecified atom stereocenters. The summed E-state index contributed by atoms with van der Waals surface area (Å²) in [6.45, 7) is 3.27. The van der Waals surface area contributed by atoms with Gasteiger partial charge in [-0.3, -0.25) is 0 Å². The second-order valence-corrected chi connectivity index (χ2v) is 7.31. The Morgan fingerprint density at radius 1 is 1.05 bits per heavy atom. The predicted molar refractivity (Wildman–Crippen MR) is 95.4 cm³/mol. The van der Waals surface area contributed by atoms with E-state index in [0.717, 1.165) is 12.3 Å². The third-order valence-corrected chi connectivity index (χ3v) is 5.75. The highest BCUT2D eigenvalue weighted by Crippen LogP contribution is 2.29. The molecule has 2 aromatic carbocycles. The van der Waals surface area contributed by atoms with Crippen LogP contribution in [0.25, 0.3) is 10.1 Å². The Balaban J connectivity index is 1.51. The summed E-state index contributed by atoms with van der Waals surface area (Å²) >= 11 is 3.79. The SMILES string of the molecule is CC(NCCSc1ccccc1)c1cc2ccccc2s1. The zero-order chi connectivity index (χ0) is 14.5. The molecule has 0 aliphatic rings. The van der Waals surface area contributed by atoms with Crippen LogP contribution in [0, 0.1) is 0 Å². The molecule has 0 aliphatic heterocycles. The summed E-state index contributed by atoms with van der Waals surface area (Å²) in [5, 5.41) is 4.97. The average molecular weight is 313 g/mol. The highest BCUT2D eigenvalue weighted by atomic mass is 32.2. The molecule has 3 heteroatoms. The number of rotatable bonds is 6. The van der Waals surface area contributed by atoms with Crippen LogP contribution in [0.4, 0.5) is 0 Å². The fourth-order valence-electron chi connectivity index (χ4n) is 2.28. The van der Waals surface area contributed by atoms with E-state index in [9.17, 15) is 0 Å². The summed E-state index contributed by atoms with van der Waals surface area (Å²) in [7, 11) is 0. The van der Waals surface area contributed by atoms with Crippen molar-refractivity contribution in [2.45, 2.75) is 17.9 Å². The molecule has 0 saturated heterocycles. The van der Waals surface area contributed by atoms with Crippen molar-refractivity contribution in [2.75, 3.05) is 12.3 Å². The van der Waals surface area contributed by atoms with Gasteiger partial charge in [0.25, 0.3) is 0 Å². The highest BCUT2D eigenvalue weighted by Gasteiger charge is 2.08. The minimum Gasteiger partial charge on any atom is -0.309 e. The number of benzene rings is 2. The van der Waals surface area contributed by atoms with Gasteiger partial charge in [-0.2, -0.15) is 0 Å². The molecule has 1 atom stereocenters. The largest absolute Gasteiger partial charge is 0.309 e. The van der Waals surface area contributed by atoms with Crippen molar-refractivity contribution >= 4 is 33.2 Å². The number of thiophene rings is 1. The lowest BCUT2D eigenvalue weighted by molar-refractivity contribution is 0.611. The van der Waals surface area contributed by atoms with Gasteiger partial charge in [-0.05, 0) is 36.6 Å². The Bertz CT molecular complexity index is 658. The standard InChI is InChI=1S/C18H19NS2/c1-14(18-13-15-7-5-6-10-17(15)21-18)19-11-12-20-16-8-3-2-4-9-16/h2-10,13-14,19H,11-12H2,1H3. The van der Waals surface area contributed by atoms with E-state index in [1.807, 2.05) is 23.1 Å². The smallest absolute Gasteiger partial charge is 0.0386 e. The third kappa shape index (κ3) is 3.88. The van der Waals surface area contributed by atoms with E-state index in [2.05, 4.69) is 72.9 Å². The minimum atomic E-state index is 0.416. The normalized spacial score (nSPS) is 12.6. The van der Waals surface area contributed by atoms with Gasteiger partial charge in [0, 0.05) is 32.8 Å². The first-order chi connectivity index (χ1) is 10.3. The molecule has 1 nitrogen and oxygen atoms in total. The molecule has 1 heterocycles. The van der Waals surface area contributed by atoms with Crippen molar-refractivity contribution in [3.8, 4) is 0 Å². The van der Waals surface area contributed by atoms with Crippen LogP contribution in [0.1, 0.15) is 17.8 Å². The zero-order valence-corrected chi connectivity index (χ0v) is 13.7. The molecular weight excluding hydrogens is 294 g/mol. The van der Waals surface area contributed by atoms with Gasteiger partial charge >= 0.3 is 0 Å². The molecule has 0 amide bonds.